The molecule has 2 rings (SSSR count). The summed E-state index contributed by atoms with van der Waals surface area (Å²) in [5.74, 6) is 0. The second-order valence-corrected chi connectivity index (χ2v) is 6.71. The Labute approximate surface area is 132 Å². The zero-order valence-electron chi connectivity index (χ0n) is 13.6. The zero-order chi connectivity index (χ0) is 15.4. The van der Waals surface area contributed by atoms with E-state index in [2.05, 4.69) is 69.2 Å². The molecule has 0 amide bonds. The van der Waals surface area contributed by atoms with Crippen molar-refractivity contribution >= 4 is 22.2 Å². The van der Waals surface area contributed by atoms with E-state index in [0.717, 1.165) is 18.1 Å². The topological polar surface area (TPSA) is 28.2 Å². The summed E-state index contributed by atoms with van der Waals surface area (Å²) in [7, 11) is 2.09. The lowest BCUT2D eigenvalue weighted by molar-refractivity contribution is 0.590. The van der Waals surface area contributed by atoms with Crippen LogP contribution in [-0.4, -0.2) is 18.1 Å². The predicted octanol–water partition coefficient (Wildman–Crippen LogP) is 4.28. The first-order valence-electron chi connectivity index (χ1n) is 7.53. The van der Waals surface area contributed by atoms with Crippen LogP contribution >= 0.6 is 11.3 Å². The van der Waals surface area contributed by atoms with E-state index in [9.17, 15) is 0 Å². The van der Waals surface area contributed by atoms with Gasteiger partial charge >= 0.3 is 0 Å². The molecule has 0 atom stereocenters. The Kier molecular flexibility index (Phi) is 5.37. The van der Waals surface area contributed by atoms with E-state index in [1.165, 1.54) is 21.8 Å². The number of hydrogen-bond acceptors (Lipinski definition) is 4. The third kappa shape index (κ3) is 4.05. The highest BCUT2D eigenvalue weighted by molar-refractivity contribution is 7.15. The molecule has 1 N–H and O–H groups in total. The molecule has 114 valence electrons. The molecular formula is C17H25N3S. The van der Waals surface area contributed by atoms with Gasteiger partial charge in [0.15, 0.2) is 5.13 Å². The van der Waals surface area contributed by atoms with Gasteiger partial charge in [0.25, 0.3) is 0 Å². The summed E-state index contributed by atoms with van der Waals surface area (Å²) < 4.78 is 0. The maximum atomic E-state index is 4.81. The quantitative estimate of drug-likeness (QED) is 0.863. The van der Waals surface area contributed by atoms with E-state index in [1.54, 1.807) is 11.3 Å². The van der Waals surface area contributed by atoms with Crippen LogP contribution in [0.3, 0.4) is 0 Å². The van der Waals surface area contributed by atoms with E-state index >= 15 is 0 Å². The number of rotatable bonds is 6. The van der Waals surface area contributed by atoms with Gasteiger partial charge in [-0.1, -0.05) is 49.8 Å². The van der Waals surface area contributed by atoms with Crippen molar-refractivity contribution in [1.82, 2.24) is 10.3 Å². The molecule has 0 aliphatic rings. The first-order valence-corrected chi connectivity index (χ1v) is 8.35. The number of anilines is 2. The lowest BCUT2D eigenvalue weighted by Gasteiger charge is -2.15. The van der Waals surface area contributed by atoms with Crippen molar-refractivity contribution in [3.63, 3.8) is 0 Å². The van der Waals surface area contributed by atoms with Crippen molar-refractivity contribution in [3.05, 3.63) is 40.4 Å². The molecule has 0 saturated carbocycles. The van der Waals surface area contributed by atoms with Gasteiger partial charge in [-0.05, 0) is 25.5 Å². The molecular weight excluding hydrogens is 278 g/mol. The van der Waals surface area contributed by atoms with Gasteiger partial charge in [-0.25, -0.2) is 4.98 Å². The first kappa shape index (κ1) is 16.0. The minimum Gasteiger partial charge on any atom is -0.321 e. The standard InChI is InChI=1S/C17H25N3S/c1-6-15-16(11-18-12(2)3)21-17(19-15)20(5)14-9-7-13(4)8-10-14/h7-10,12,18H,6,11H2,1-5H3. The molecule has 21 heavy (non-hydrogen) atoms. The zero-order valence-corrected chi connectivity index (χ0v) is 14.4. The smallest absolute Gasteiger partial charge is 0.190 e. The van der Waals surface area contributed by atoms with Gasteiger partial charge in [-0.2, -0.15) is 0 Å². The minimum absolute atomic E-state index is 0.495. The number of hydrogen-bond donors (Lipinski definition) is 1. The molecule has 0 saturated heterocycles. The summed E-state index contributed by atoms with van der Waals surface area (Å²) in [6.07, 6.45) is 0.980. The van der Waals surface area contributed by atoms with Crippen molar-refractivity contribution in [2.24, 2.45) is 0 Å². The fraction of sp³-hybridized carbons (Fsp3) is 0.471. The first-order chi connectivity index (χ1) is 10.0. The van der Waals surface area contributed by atoms with Crippen LogP contribution in [0.4, 0.5) is 10.8 Å². The predicted molar refractivity (Wildman–Crippen MR) is 92.7 cm³/mol. The number of nitrogens with zero attached hydrogens (tertiary/aromatic N) is 2. The third-order valence-electron chi connectivity index (χ3n) is 3.48. The molecule has 1 heterocycles. The van der Waals surface area contributed by atoms with Crippen molar-refractivity contribution < 1.29 is 0 Å². The molecule has 1 aromatic carbocycles. The van der Waals surface area contributed by atoms with E-state index in [1.807, 2.05) is 0 Å². The summed E-state index contributed by atoms with van der Waals surface area (Å²) in [6, 6.07) is 9.07. The van der Waals surface area contributed by atoms with Crippen LogP contribution in [0.15, 0.2) is 24.3 Å². The third-order valence-corrected chi connectivity index (χ3v) is 4.66. The number of thiazole rings is 1. The van der Waals surface area contributed by atoms with Gasteiger partial charge in [0.05, 0.1) is 5.69 Å². The Morgan fingerprint density at radius 3 is 2.48 bits per heavy atom. The molecule has 0 fully saturated rings. The molecule has 0 bridgehead atoms. The summed E-state index contributed by atoms with van der Waals surface area (Å²) >= 11 is 1.79. The van der Waals surface area contributed by atoms with Gasteiger partial charge in [0, 0.05) is 30.2 Å². The lowest BCUT2D eigenvalue weighted by atomic mass is 10.2. The van der Waals surface area contributed by atoms with Gasteiger partial charge in [-0.3, -0.25) is 0 Å². The van der Waals surface area contributed by atoms with E-state index < -0.39 is 0 Å². The maximum absolute atomic E-state index is 4.81. The van der Waals surface area contributed by atoms with Crippen LogP contribution in [0.2, 0.25) is 0 Å². The van der Waals surface area contributed by atoms with Crippen LogP contribution in [-0.2, 0) is 13.0 Å². The summed E-state index contributed by atoms with van der Waals surface area (Å²) in [4.78, 5) is 8.33. The Hall–Kier alpha value is -1.39. The lowest BCUT2D eigenvalue weighted by Crippen LogP contribution is -2.21. The second-order valence-electron chi connectivity index (χ2n) is 5.65. The van der Waals surface area contributed by atoms with Gasteiger partial charge in [-0.15, -0.1) is 0 Å². The molecule has 0 spiro atoms. The Morgan fingerprint density at radius 2 is 1.90 bits per heavy atom. The van der Waals surface area contributed by atoms with Crippen LogP contribution < -0.4 is 10.2 Å². The summed E-state index contributed by atoms with van der Waals surface area (Å²) in [5.41, 5.74) is 3.67. The molecule has 0 unspecified atom stereocenters. The minimum atomic E-state index is 0.495. The molecule has 3 nitrogen and oxygen atoms in total. The van der Waals surface area contributed by atoms with Gasteiger partial charge in [0.1, 0.15) is 0 Å². The number of aromatic nitrogens is 1. The van der Waals surface area contributed by atoms with Crippen LogP contribution in [0.1, 0.15) is 36.9 Å². The molecule has 0 radical (unpaired) electrons. The highest BCUT2D eigenvalue weighted by Crippen LogP contribution is 2.31. The normalized spacial score (nSPS) is 11.1. The summed E-state index contributed by atoms with van der Waals surface area (Å²) in [6.45, 7) is 9.53. The second kappa shape index (κ2) is 7.05. The average molecular weight is 303 g/mol. The highest BCUT2D eigenvalue weighted by Gasteiger charge is 2.14. The maximum Gasteiger partial charge on any atom is 0.190 e. The molecule has 1 aromatic heterocycles. The Morgan fingerprint density at radius 1 is 1.24 bits per heavy atom. The van der Waals surface area contributed by atoms with Crippen LogP contribution in [0.5, 0.6) is 0 Å². The Balaban J connectivity index is 2.21. The summed E-state index contributed by atoms with van der Waals surface area (Å²) in [5, 5.41) is 4.55. The largest absolute Gasteiger partial charge is 0.321 e. The van der Waals surface area contributed by atoms with Gasteiger partial charge in [0.2, 0.25) is 0 Å². The molecule has 4 heteroatoms. The number of nitrogens with one attached hydrogen (secondary N) is 1. The SMILES string of the molecule is CCc1nc(N(C)c2ccc(C)cc2)sc1CNC(C)C. The average Bonchev–Trinajstić information content (AvgIpc) is 2.88. The van der Waals surface area contributed by atoms with Crippen molar-refractivity contribution in [1.29, 1.82) is 0 Å². The Bertz CT molecular complexity index is 572. The van der Waals surface area contributed by atoms with E-state index in [-0.39, 0.29) is 0 Å². The fourth-order valence-electron chi connectivity index (χ4n) is 2.10. The van der Waals surface area contributed by atoms with Crippen molar-refractivity contribution in [3.8, 4) is 0 Å². The highest BCUT2D eigenvalue weighted by atomic mass is 32.1. The van der Waals surface area contributed by atoms with Crippen LogP contribution in [0.25, 0.3) is 0 Å². The van der Waals surface area contributed by atoms with Crippen LogP contribution in [0, 0.1) is 6.92 Å². The van der Waals surface area contributed by atoms with Gasteiger partial charge < -0.3 is 10.2 Å². The number of benzene rings is 1. The van der Waals surface area contributed by atoms with E-state index in [0.29, 0.717) is 6.04 Å². The van der Waals surface area contributed by atoms with Crippen molar-refractivity contribution in [2.75, 3.05) is 11.9 Å². The van der Waals surface area contributed by atoms with E-state index in [4.69, 9.17) is 4.98 Å². The number of aryl methyl sites for hydroxylation is 2. The monoisotopic (exact) mass is 303 g/mol. The molecule has 0 aliphatic heterocycles. The van der Waals surface area contributed by atoms with Crippen molar-refractivity contribution in [2.45, 2.75) is 46.7 Å². The molecule has 0 aliphatic carbocycles. The molecule has 2 aromatic rings. The fourth-order valence-corrected chi connectivity index (χ4v) is 3.19.